The van der Waals surface area contributed by atoms with Gasteiger partial charge in [0, 0.05) is 0 Å². The number of carbonyl (C=O) groups is 1. The van der Waals surface area contributed by atoms with Crippen LogP contribution in [-0.2, 0) is 0 Å². The summed E-state index contributed by atoms with van der Waals surface area (Å²) in [6, 6.07) is 4.66. The van der Waals surface area contributed by atoms with E-state index in [0.717, 1.165) is 3.57 Å². The van der Waals surface area contributed by atoms with Crippen molar-refractivity contribution in [3.05, 3.63) is 27.3 Å². The largest absolute Gasteiger partial charge is 0.480 e. The number of rotatable bonds is 3. The first-order chi connectivity index (χ1) is 6.65. The molecule has 1 aromatic carbocycles. The van der Waals surface area contributed by atoms with Crippen molar-refractivity contribution in [2.75, 3.05) is 6.61 Å². The van der Waals surface area contributed by atoms with Crippen molar-refractivity contribution < 1.29 is 14.6 Å². The van der Waals surface area contributed by atoms with Crippen LogP contribution in [0.3, 0.4) is 0 Å². The van der Waals surface area contributed by atoms with Crippen LogP contribution >= 0.6 is 22.6 Å². The average molecular weight is 302 g/mol. The van der Waals surface area contributed by atoms with Crippen molar-refractivity contribution in [3.63, 3.8) is 0 Å². The van der Waals surface area contributed by atoms with E-state index in [2.05, 4.69) is 28.5 Å². The van der Waals surface area contributed by atoms with E-state index >= 15 is 0 Å². The molecule has 14 heavy (non-hydrogen) atoms. The Hall–Kier alpha value is -1.22. The molecule has 0 saturated heterocycles. The maximum absolute atomic E-state index is 10.6. The Morgan fingerprint density at radius 1 is 1.64 bits per heavy atom. The molecule has 0 bridgehead atoms. The molecule has 0 fully saturated rings. The summed E-state index contributed by atoms with van der Waals surface area (Å²) in [6.45, 7) is 0.138. The third kappa shape index (κ3) is 2.64. The Bertz CT molecular complexity index is 393. The van der Waals surface area contributed by atoms with Gasteiger partial charge in [-0.1, -0.05) is 5.92 Å². The normalized spacial score (nSPS) is 9.14. The molecule has 0 aromatic heterocycles. The summed E-state index contributed by atoms with van der Waals surface area (Å²) in [5, 5.41) is 8.73. The molecule has 0 unspecified atom stereocenters. The Morgan fingerprint density at radius 2 is 2.36 bits per heavy atom. The second-order valence-corrected chi connectivity index (χ2v) is 3.61. The fourth-order valence-electron chi connectivity index (χ4n) is 0.866. The van der Waals surface area contributed by atoms with E-state index in [0.29, 0.717) is 5.75 Å². The van der Waals surface area contributed by atoms with Crippen molar-refractivity contribution in [3.8, 4) is 18.1 Å². The van der Waals surface area contributed by atoms with E-state index in [-0.39, 0.29) is 12.2 Å². The van der Waals surface area contributed by atoms with Crippen LogP contribution in [0, 0.1) is 15.9 Å². The molecule has 0 saturated carbocycles. The Labute approximate surface area is 95.2 Å². The van der Waals surface area contributed by atoms with Crippen molar-refractivity contribution >= 4 is 28.6 Å². The van der Waals surface area contributed by atoms with Crippen LogP contribution in [0.1, 0.15) is 10.4 Å². The molecule has 0 aliphatic rings. The monoisotopic (exact) mass is 302 g/mol. The first-order valence-electron chi connectivity index (χ1n) is 3.74. The van der Waals surface area contributed by atoms with Gasteiger partial charge in [-0.3, -0.25) is 0 Å². The highest BCUT2D eigenvalue weighted by molar-refractivity contribution is 14.1. The van der Waals surface area contributed by atoms with Crippen LogP contribution in [0.4, 0.5) is 0 Å². The van der Waals surface area contributed by atoms with Crippen LogP contribution in [0.5, 0.6) is 5.75 Å². The fourth-order valence-corrected chi connectivity index (χ4v) is 1.36. The van der Waals surface area contributed by atoms with E-state index in [1.807, 2.05) is 0 Å². The SMILES string of the molecule is C#CCOc1cc(C(=O)O)ccc1I. The van der Waals surface area contributed by atoms with Crippen molar-refractivity contribution in [2.24, 2.45) is 0 Å². The molecule has 0 radical (unpaired) electrons. The van der Waals surface area contributed by atoms with E-state index < -0.39 is 5.97 Å². The predicted molar refractivity (Wildman–Crippen MR) is 60.4 cm³/mol. The first kappa shape index (κ1) is 10.9. The smallest absolute Gasteiger partial charge is 0.335 e. The lowest BCUT2D eigenvalue weighted by Gasteiger charge is -2.05. The minimum Gasteiger partial charge on any atom is -0.480 e. The van der Waals surface area contributed by atoms with Gasteiger partial charge in [-0.15, -0.1) is 6.42 Å². The number of carboxylic acids is 1. The lowest BCUT2D eigenvalue weighted by atomic mass is 10.2. The maximum Gasteiger partial charge on any atom is 0.335 e. The molecule has 0 aliphatic heterocycles. The summed E-state index contributed by atoms with van der Waals surface area (Å²) in [6.07, 6.45) is 5.03. The van der Waals surface area contributed by atoms with Gasteiger partial charge in [0.05, 0.1) is 9.13 Å². The standard InChI is InChI=1S/C10H7IO3/c1-2-5-14-9-6-7(10(12)13)3-4-8(9)11/h1,3-4,6H,5H2,(H,12,13). The fraction of sp³-hybridized carbons (Fsp3) is 0.100. The van der Waals surface area contributed by atoms with Gasteiger partial charge in [0.15, 0.2) is 0 Å². The molecule has 0 heterocycles. The zero-order chi connectivity index (χ0) is 10.6. The summed E-state index contributed by atoms with van der Waals surface area (Å²) in [4.78, 5) is 10.6. The van der Waals surface area contributed by atoms with Gasteiger partial charge in [0.2, 0.25) is 0 Å². The van der Waals surface area contributed by atoms with Crippen LogP contribution < -0.4 is 4.74 Å². The Morgan fingerprint density at radius 3 is 2.93 bits per heavy atom. The molecule has 1 N–H and O–H groups in total. The maximum atomic E-state index is 10.6. The van der Waals surface area contributed by atoms with Crippen LogP contribution in [0.25, 0.3) is 0 Å². The van der Waals surface area contributed by atoms with Crippen molar-refractivity contribution in [1.82, 2.24) is 0 Å². The number of hydrogen-bond donors (Lipinski definition) is 1. The van der Waals surface area contributed by atoms with Gasteiger partial charge in [-0.25, -0.2) is 4.79 Å². The quantitative estimate of drug-likeness (QED) is 0.686. The third-order valence-electron chi connectivity index (χ3n) is 1.49. The highest BCUT2D eigenvalue weighted by atomic mass is 127. The van der Waals surface area contributed by atoms with Crippen molar-refractivity contribution in [2.45, 2.75) is 0 Å². The van der Waals surface area contributed by atoms with E-state index in [9.17, 15) is 4.79 Å². The lowest BCUT2D eigenvalue weighted by Crippen LogP contribution is -2.00. The second-order valence-electron chi connectivity index (χ2n) is 2.44. The highest BCUT2D eigenvalue weighted by Crippen LogP contribution is 2.22. The molecule has 1 aromatic rings. The van der Waals surface area contributed by atoms with Gasteiger partial charge in [-0.2, -0.15) is 0 Å². The van der Waals surface area contributed by atoms with Gasteiger partial charge >= 0.3 is 5.97 Å². The van der Waals surface area contributed by atoms with Crippen LogP contribution in [0.15, 0.2) is 18.2 Å². The Kier molecular flexibility index (Phi) is 3.77. The summed E-state index contributed by atoms with van der Waals surface area (Å²) < 4.78 is 6.01. The summed E-state index contributed by atoms with van der Waals surface area (Å²) in [7, 11) is 0. The third-order valence-corrected chi connectivity index (χ3v) is 2.38. The molecule has 3 nitrogen and oxygen atoms in total. The van der Waals surface area contributed by atoms with Gasteiger partial charge in [0.1, 0.15) is 12.4 Å². The number of aromatic carboxylic acids is 1. The molecule has 0 spiro atoms. The predicted octanol–water partition coefficient (Wildman–Crippen LogP) is 2.00. The molecule has 0 aliphatic carbocycles. The molecule has 1 rings (SSSR count). The number of terminal acetylenes is 1. The Balaban J connectivity index is 2.97. The van der Waals surface area contributed by atoms with E-state index in [1.54, 1.807) is 6.07 Å². The van der Waals surface area contributed by atoms with E-state index in [1.165, 1.54) is 12.1 Å². The van der Waals surface area contributed by atoms with Crippen molar-refractivity contribution in [1.29, 1.82) is 0 Å². The molecule has 0 amide bonds. The van der Waals surface area contributed by atoms with Gasteiger partial charge in [-0.05, 0) is 40.8 Å². The minimum atomic E-state index is -0.980. The second kappa shape index (κ2) is 4.86. The van der Waals surface area contributed by atoms with Crippen LogP contribution in [-0.4, -0.2) is 17.7 Å². The molecular weight excluding hydrogens is 295 g/mol. The number of carboxylic acid groups (broad SMARTS) is 1. The van der Waals surface area contributed by atoms with Crippen LogP contribution in [0.2, 0.25) is 0 Å². The first-order valence-corrected chi connectivity index (χ1v) is 4.82. The average Bonchev–Trinajstić information content (AvgIpc) is 2.16. The van der Waals surface area contributed by atoms with Gasteiger partial charge in [0.25, 0.3) is 0 Å². The lowest BCUT2D eigenvalue weighted by molar-refractivity contribution is 0.0696. The zero-order valence-corrected chi connectivity index (χ0v) is 9.32. The van der Waals surface area contributed by atoms with E-state index in [4.69, 9.17) is 16.3 Å². The number of halogens is 1. The highest BCUT2D eigenvalue weighted by Gasteiger charge is 2.07. The number of hydrogen-bond acceptors (Lipinski definition) is 2. The molecule has 4 heteroatoms. The molecular formula is C10H7IO3. The zero-order valence-electron chi connectivity index (χ0n) is 7.16. The number of ether oxygens (including phenoxy) is 1. The summed E-state index contributed by atoms with van der Waals surface area (Å²) in [5.41, 5.74) is 0.192. The summed E-state index contributed by atoms with van der Waals surface area (Å²) >= 11 is 2.05. The van der Waals surface area contributed by atoms with Gasteiger partial charge < -0.3 is 9.84 Å². The molecule has 0 atom stereocenters. The minimum absolute atomic E-state index is 0.138. The summed E-state index contributed by atoms with van der Waals surface area (Å²) in [5.74, 6) is 1.84. The molecule has 72 valence electrons. The topological polar surface area (TPSA) is 46.5 Å². The number of benzene rings is 1.